The number of hydrogen-bond acceptors (Lipinski definition) is 9. The van der Waals surface area contributed by atoms with Crippen molar-refractivity contribution in [3.05, 3.63) is 0 Å². The lowest BCUT2D eigenvalue weighted by Crippen LogP contribution is -2.57. The molecule has 0 aliphatic carbocycles. The van der Waals surface area contributed by atoms with E-state index in [-0.39, 0.29) is 25.3 Å². The molecule has 18 heteroatoms. The SMILES string of the molecule is NC(N)=NCCC[C@H](NC(=O)[C@H](CC(=O)O)NC(=O)[C@H](CCC(=O)O)NC(=O)[C@@H](N)CC(=O)O)C(=O)O. The van der Waals surface area contributed by atoms with Crippen LogP contribution in [-0.4, -0.2) is 98.7 Å². The second-order valence-electron chi connectivity index (χ2n) is 7.71. The molecule has 0 radical (unpaired) electrons. The molecule has 0 rings (SSSR count). The van der Waals surface area contributed by atoms with E-state index in [1.54, 1.807) is 0 Å². The summed E-state index contributed by atoms with van der Waals surface area (Å²) in [6, 6.07) is -6.54. The summed E-state index contributed by atoms with van der Waals surface area (Å²) < 4.78 is 0. The first kappa shape index (κ1) is 32.5. The summed E-state index contributed by atoms with van der Waals surface area (Å²) in [5, 5.41) is 42.3. The number of nitrogens with two attached hydrogens (primary N) is 3. The van der Waals surface area contributed by atoms with E-state index in [1.807, 2.05) is 5.32 Å². The molecule has 208 valence electrons. The topological polar surface area (TPSA) is 327 Å². The molecule has 0 aliphatic rings. The summed E-state index contributed by atoms with van der Waals surface area (Å²) in [6.07, 6.45) is -2.97. The van der Waals surface area contributed by atoms with Crippen LogP contribution in [0.4, 0.5) is 0 Å². The van der Waals surface area contributed by atoms with Gasteiger partial charge in [-0.3, -0.25) is 33.8 Å². The van der Waals surface area contributed by atoms with Gasteiger partial charge in [0.25, 0.3) is 0 Å². The molecule has 13 N–H and O–H groups in total. The molecule has 0 aromatic rings. The number of hydrogen-bond donors (Lipinski definition) is 10. The summed E-state index contributed by atoms with van der Waals surface area (Å²) in [5.74, 6) is -9.49. The highest BCUT2D eigenvalue weighted by Crippen LogP contribution is 2.05. The minimum atomic E-state index is -1.82. The zero-order valence-electron chi connectivity index (χ0n) is 19.6. The summed E-state index contributed by atoms with van der Waals surface area (Å²) in [7, 11) is 0. The molecular weight excluding hydrogens is 502 g/mol. The Labute approximate surface area is 209 Å². The Hall–Kier alpha value is -4.48. The average Bonchev–Trinajstić information content (AvgIpc) is 2.76. The number of carbonyl (C=O) groups excluding carboxylic acids is 3. The summed E-state index contributed by atoms with van der Waals surface area (Å²) in [5.41, 5.74) is 15.8. The predicted molar refractivity (Wildman–Crippen MR) is 123 cm³/mol. The average molecular weight is 533 g/mol. The van der Waals surface area contributed by atoms with Crippen LogP contribution in [0.15, 0.2) is 4.99 Å². The van der Waals surface area contributed by atoms with Crippen LogP contribution in [0.25, 0.3) is 0 Å². The number of nitrogens with zero attached hydrogens (tertiary/aromatic N) is 1. The zero-order chi connectivity index (χ0) is 28.7. The first-order chi connectivity index (χ1) is 17.1. The van der Waals surface area contributed by atoms with Crippen molar-refractivity contribution >= 4 is 47.6 Å². The van der Waals surface area contributed by atoms with E-state index in [9.17, 15) is 38.7 Å². The van der Waals surface area contributed by atoms with Crippen molar-refractivity contribution in [3.63, 3.8) is 0 Å². The first-order valence-corrected chi connectivity index (χ1v) is 10.7. The Morgan fingerprint density at radius 3 is 1.68 bits per heavy atom. The van der Waals surface area contributed by atoms with Crippen molar-refractivity contribution in [2.75, 3.05) is 6.54 Å². The molecule has 0 spiro atoms. The van der Waals surface area contributed by atoms with Gasteiger partial charge in [-0.2, -0.15) is 0 Å². The smallest absolute Gasteiger partial charge is 0.326 e. The Bertz CT molecular complexity index is 905. The fourth-order valence-electron chi connectivity index (χ4n) is 2.79. The highest BCUT2D eigenvalue weighted by atomic mass is 16.4. The summed E-state index contributed by atoms with van der Waals surface area (Å²) in [4.78, 5) is 85.5. The van der Waals surface area contributed by atoms with Gasteiger partial charge in [-0.15, -0.1) is 0 Å². The molecule has 37 heavy (non-hydrogen) atoms. The Morgan fingerprint density at radius 2 is 1.19 bits per heavy atom. The van der Waals surface area contributed by atoms with Crippen molar-refractivity contribution in [2.45, 2.75) is 62.7 Å². The van der Waals surface area contributed by atoms with Crippen LogP contribution in [-0.2, 0) is 33.6 Å². The van der Waals surface area contributed by atoms with Crippen LogP contribution in [0.1, 0.15) is 38.5 Å². The fourth-order valence-corrected chi connectivity index (χ4v) is 2.79. The number of nitrogens with one attached hydrogen (secondary N) is 3. The van der Waals surface area contributed by atoms with Crippen LogP contribution < -0.4 is 33.2 Å². The third-order valence-corrected chi connectivity index (χ3v) is 4.58. The van der Waals surface area contributed by atoms with Gasteiger partial charge in [0.2, 0.25) is 17.7 Å². The lowest BCUT2D eigenvalue weighted by molar-refractivity contribution is -0.143. The lowest BCUT2D eigenvalue weighted by atomic mass is 10.1. The first-order valence-electron chi connectivity index (χ1n) is 10.7. The van der Waals surface area contributed by atoms with Crippen molar-refractivity contribution in [1.82, 2.24) is 16.0 Å². The lowest BCUT2D eigenvalue weighted by Gasteiger charge is -2.24. The van der Waals surface area contributed by atoms with Crippen LogP contribution in [0.2, 0.25) is 0 Å². The molecular formula is C19H31N7O11. The van der Waals surface area contributed by atoms with Crippen LogP contribution in [0.5, 0.6) is 0 Å². The van der Waals surface area contributed by atoms with Crippen molar-refractivity contribution in [1.29, 1.82) is 0 Å². The van der Waals surface area contributed by atoms with Gasteiger partial charge < -0.3 is 53.6 Å². The second kappa shape index (κ2) is 16.2. The van der Waals surface area contributed by atoms with E-state index < -0.39 is 91.4 Å². The number of rotatable bonds is 18. The molecule has 4 atom stereocenters. The van der Waals surface area contributed by atoms with Gasteiger partial charge in [-0.25, -0.2) is 4.79 Å². The zero-order valence-corrected chi connectivity index (χ0v) is 19.6. The van der Waals surface area contributed by atoms with Crippen LogP contribution in [0, 0.1) is 0 Å². The van der Waals surface area contributed by atoms with Gasteiger partial charge in [-0.05, 0) is 19.3 Å². The fraction of sp³-hybridized carbons (Fsp3) is 0.579. The predicted octanol–water partition coefficient (Wildman–Crippen LogP) is -4.28. The van der Waals surface area contributed by atoms with Crippen molar-refractivity contribution < 1.29 is 54.0 Å². The Morgan fingerprint density at radius 1 is 0.676 bits per heavy atom. The molecule has 0 heterocycles. The van der Waals surface area contributed by atoms with E-state index in [4.69, 9.17) is 32.5 Å². The third kappa shape index (κ3) is 14.5. The Balaban J connectivity index is 5.56. The molecule has 0 aromatic carbocycles. The molecule has 0 saturated heterocycles. The van der Waals surface area contributed by atoms with Gasteiger partial charge in [0.05, 0.1) is 18.9 Å². The second-order valence-corrected chi connectivity index (χ2v) is 7.71. The quantitative estimate of drug-likeness (QED) is 0.0453. The molecule has 0 unspecified atom stereocenters. The summed E-state index contributed by atoms with van der Waals surface area (Å²) >= 11 is 0. The standard InChI is InChI=1S/C19H31N7O11/c20-8(6-13(29)30)15(33)24-9(3-4-12(27)28)16(34)26-11(7-14(31)32)17(35)25-10(18(36)37)2-1-5-23-19(21)22/h8-11H,1-7,20H2,(H,24,33)(H,25,35)(H,26,34)(H,27,28)(H,29,30)(H,31,32)(H,36,37)(H4,21,22,23)/t8-,9-,10-,11-/m0/s1. The summed E-state index contributed by atoms with van der Waals surface area (Å²) in [6.45, 7) is 0.0479. The number of aliphatic imine (C=N–C) groups is 1. The van der Waals surface area contributed by atoms with Gasteiger partial charge in [0.1, 0.15) is 18.1 Å². The minimum Gasteiger partial charge on any atom is -0.481 e. The number of guanidine groups is 1. The van der Waals surface area contributed by atoms with E-state index in [0.29, 0.717) is 0 Å². The van der Waals surface area contributed by atoms with E-state index in [2.05, 4.69) is 15.6 Å². The number of aliphatic carboxylic acids is 4. The van der Waals surface area contributed by atoms with Crippen molar-refractivity contribution in [3.8, 4) is 0 Å². The maximum Gasteiger partial charge on any atom is 0.326 e. The highest BCUT2D eigenvalue weighted by Gasteiger charge is 2.32. The van der Waals surface area contributed by atoms with Crippen molar-refractivity contribution in [2.24, 2.45) is 22.2 Å². The highest BCUT2D eigenvalue weighted by molar-refractivity contribution is 5.96. The van der Waals surface area contributed by atoms with Gasteiger partial charge in [-0.1, -0.05) is 0 Å². The van der Waals surface area contributed by atoms with E-state index in [0.717, 1.165) is 0 Å². The molecule has 18 nitrogen and oxygen atoms in total. The number of carboxylic acids is 4. The molecule has 0 saturated carbocycles. The normalized spacial score (nSPS) is 13.6. The number of amides is 3. The molecule has 3 amide bonds. The van der Waals surface area contributed by atoms with Crippen LogP contribution >= 0.6 is 0 Å². The molecule has 0 bridgehead atoms. The van der Waals surface area contributed by atoms with Gasteiger partial charge in [0, 0.05) is 13.0 Å². The van der Waals surface area contributed by atoms with E-state index >= 15 is 0 Å². The number of carboxylic acid groups (broad SMARTS) is 4. The maximum atomic E-state index is 12.7. The van der Waals surface area contributed by atoms with Gasteiger partial charge >= 0.3 is 23.9 Å². The van der Waals surface area contributed by atoms with Crippen LogP contribution in [0.3, 0.4) is 0 Å². The Kier molecular flexibility index (Phi) is 14.3. The monoisotopic (exact) mass is 533 g/mol. The third-order valence-electron chi connectivity index (χ3n) is 4.58. The minimum absolute atomic E-state index is 0.0479. The van der Waals surface area contributed by atoms with Gasteiger partial charge in [0.15, 0.2) is 5.96 Å². The molecule has 0 fully saturated rings. The maximum absolute atomic E-state index is 12.7. The van der Waals surface area contributed by atoms with E-state index in [1.165, 1.54) is 0 Å². The largest absolute Gasteiger partial charge is 0.481 e. The number of carbonyl (C=O) groups is 7. The molecule has 0 aliphatic heterocycles. The molecule has 0 aromatic heterocycles.